The third-order valence-corrected chi connectivity index (χ3v) is 7.42. The molecule has 32 heavy (non-hydrogen) atoms. The van der Waals surface area contributed by atoms with Crippen molar-refractivity contribution in [2.24, 2.45) is 5.10 Å². The minimum Gasteiger partial charge on any atom is -0.335 e. The van der Waals surface area contributed by atoms with E-state index in [0.717, 1.165) is 17.7 Å². The Kier molecular flexibility index (Phi) is 6.07. The maximum absolute atomic E-state index is 13.1. The van der Waals surface area contributed by atoms with Crippen LogP contribution in [0.5, 0.6) is 0 Å². The Balaban J connectivity index is 1.45. The lowest BCUT2D eigenvalue weighted by molar-refractivity contribution is -0.125. The number of piperazine rings is 1. The number of amides is 2. The molecule has 0 unspecified atom stereocenters. The van der Waals surface area contributed by atoms with Gasteiger partial charge in [0.05, 0.1) is 10.6 Å². The fourth-order valence-corrected chi connectivity index (χ4v) is 5.16. The predicted octanol–water partition coefficient (Wildman–Crippen LogP) is 2.15. The number of hydrazone groups is 1. The Hall–Kier alpha value is -3.11. The van der Waals surface area contributed by atoms with Crippen molar-refractivity contribution in [3.63, 3.8) is 0 Å². The molecule has 2 aliphatic rings. The van der Waals surface area contributed by atoms with Crippen molar-refractivity contribution >= 4 is 33.2 Å². The zero-order valence-corrected chi connectivity index (χ0v) is 18.4. The summed E-state index contributed by atoms with van der Waals surface area (Å²) < 4.78 is 40.0. The number of carbonyl (C=O) groups is 2. The van der Waals surface area contributed by atoms with Crippen molar-refractivity contribution in [3.8, 4) is 0 Å². The van der Waals surface area contributed by atoms with Gasteiger partial charge in [-0.05, 0) is 48.9 Å². The predicted molar refractivity (Wildman–Crippen MR) is 117 cm³/mol. The Morgan fingerprint density at radius 1 is 1.00 bits per heavy atom. The van der Waals surface area contributed by atoms with E-state index >= 15 is 0 Å². The fourth-order valence-electron chi connectivity index (χ4n) is 3.74. The lowest BCUT2D eigenvalue weighted by atomic mass is 10.1. The summed E-state index contributed by atoms with van der Waals surface area (Å²) in [5, 5.41) is 5.58. The molecule has 1 fully saturated rings. The molecule has 0 saturated carbocycles. The number of sulfonamides is 1. The van der Waals surface area contributed by atoms with Gasteiger partial charge in [0.1, 0.15) is 11.5 Å². The van der Waals surface area contributed by atoms with E-state index in [4.69, 9.17) is 0 Å². The number of halogens is 1. The second-order valence-corrected chi connectivity index (χ2v) is 9.68. The van der Waals surface area contributed by atoms with Crippen LogP contribution in [0.3, 0.4) is 0 Å². The van der Waals surface area contributed by atoms with Gasteiger partial charge in [0.2, 0.25) is 15.9 Å². The van der Waals surface area contributed by atoms with Crippen molar-refractivity contribution in [1.82, 2.24) is 9.21 Å². The highest BCUT2D eigenvalue weighted by Gasteiger charge is 2.33. The summed E-state index contributed by atoms with van der Waals surface area (Å²) in [5.74, 6) is -0.984. The number of nitrogens with zero attached hydrogens (tertiary/aromatic N) is 4. The molecule has 10 heteroatoms. The SMILES string of the molecule is Cc1cccc(N2N=C(C(=O)N3CCN(S(=O)(=O)c4ccc(F)cc4)CC3)CCC2=O)c1. The van der Waals surface area contributed by atoms with Gasteiger partial charge in [-0.1, -0.05) is 12.1 Å². The molecular weight excluding hydrogens is 435 g/mol. The highest BCUT2D eigenvalue weighted by Crippen LogP contribution is 2.23. The molecular formula is C22H23FN4O4S. The smallest absolute Gasteiger partial charge is 0.270 e. The summed E-state index contributed by atoms with van der Waals surface area (Å²) in [6, 6.07) is 12.0. The van der Waals surface area contributed by atoms with Crippen LogP contribution in [0.4, 0.5) is 10.1 Å². The number of rotatable bonds is 4. The molecule has 2 heterocycles. The quantitative estimate of drug-likeness (QED) is 0.702. The first-order valence-corrected chi connectivity index (χ1v) is 11.7. The van der Waals surface area contributed by atoms with Crippen LogP contribution in [0.2, 0.25) is 0 Å². The number of anilines is 1. The molecule has 8 nitrogen and oxygen atoms in total. The number of carbonyl (C=O) groups excluding carboxylic acids is 2. The average molecular weight is 459 g/mol. The van der Waals surface area contributed by atoms with E-state index in [-0.39, 0.29) is 61.4 Å². The molecule has 1 saturated heterocycles. The molecule has 2 amide bonds. The van der Waals surface area contributed by atoms with Gasteiger partial charge in [0.25, 0.3) is 5.91 Å². The van der Waals surface area contributed by atoms with Gasteiger partial charge >= 0.3 is 0 Å². The lowest BCUT2D eigenvalue weighted by Gasteiger charge is -2.35. The Bertz CT molecular complexity index is 1170. The molecule has 0 atom stereocenters. The Labute approximate surface area is 186 Å². The first-order chi connectivity index (χ1) is 15.3. The van der Waals surface area contributed by atoms with Crippen molar-refractivity contribution in [1.29, 1.82) is 0 Å². The van der Waals surface area contributed by atoms with Crippen LogP contribution in [-0.2, 0) is 19.6 Å². The molecule has 0 aromatic heterocycles. The van der Waals surface area contributed by atoms with Gasteiger partial charge in [0, 0.05) is 39.0 Å². The average Bonchev–Trinajstić information content (AvgIpc) is 2.79. The van der Waals surface area contributed by atoms with Crippen LogP contribution in [0.25, 0.3) is 0 Å². The van der Waals surface area contributed by atoms with E-state index in [1.165, 1.54) is 21.4 Å². The molecule has 4 rings (SSSR count). The van der Waals surface area contributed by atoms with Crippen molar-refractivity contribution in [2.45, 2.75) is 24.7 Å². The van der Waals surface area contributed by atoms with Crippen LogP contribution < -0.4 is 5.01 Å². The third kappa shape index (κ3) is 4.42. The standard InChI is InChI=1S/C22H23FN4O4S/c1-16-3-2-4-18(15-16)27-21(28)10-9-20(24-27)22(29)25-11-13-26(14-12-25)32(30,31)19-7-5-17(23)6-8-19/h2-8,15H,9-14H2,1H3. The zero-order chi connectivity index (χ0) is 22.9. The summed E-state index contributed by atoms with van der Waals surface area (Å²) in [6.45, 7) is 2.57. The van der Waals surface area contributed by atoms with Crippen molar-refractivity contribution in [2.75, 3.05) is 31.2 Å². The van der Waals surface area contributed by atoms with Crippen LogP contribution in [-0.4, -0.2) is 61.3 Å². The zero-order valence-electron chi connectivity index (χ0n) is 17.6. The summed E-state index contributed by atoms with van der Waals surface area (Å²) in [4.78, 5) is 26.9. The minimum atomic E-state index is -3.76. The molecule has 2 aliphatic heterocycles. The summed E-state index contributed by atoms with van der Waals surface area (Å²) >= 11 is 0. The summed E-state index contributed by atoms with van der Waals surface area (Å²) in [5.41, 5.74) is 1.86. The molecule has 2 aromatic carbocycles. The van der Waals surface area contributed by atoms with Gasteiger partial charge in [-0.25, -0.2) is 17.8 Å². The lowest BCUT2D eigenvalue weighted by Crippen LogP contribution is -2.52. The van der Waals surface area contributed by atoms with Gasteiger partial charge in [-0.3, -0.25) is 9.59 Å². The maximum Gasteiger partial charge on any atom is 0.270 e. The number of benzene rings is 2. The first kappa shape index (κ1) is 22.1. The normalized spacial score (nSPS) is 17.9. The van der Waals surface area contributed by atoms with E-state index in [0.29, 0.717) is 5.69 Å². The monoisotopic (exact) mass is 458 g/mol. The van der Waals surface area contributed by atoms with E-state index in [1.807, 2.05) is 25.1 Å². The largest absolute Gasteiger partial charge is 0.335 e. The highest BCUT2D eigenvalue weighted by molar-refractivity contribution is 7.89. The Morgan fingerprint density at radius 3 is 2.34 bits per heavy atom. The molecule has 0 bridgehead atoms. The van der Waals surface area contributed by atoms with Gasteiger partial charge in [-0.15, -0.1) is 0 Å². The molecule has 0 spiro atoms. The first-order valence-electron chi connectivity index (χ1n) is 10.3. The van der Waals surface area contributed by atoms with Gasteiger partial charge in [0.15, 0.2) is 0 Å². The van der Waals surface area contributed by atoms with Crippen LogP contribution in [0.15, 0.2) is 58.5 Å². The van der Waals surface area contributed by atoms with Gasteiger partial charge < -0.3 is 4.90 Å². The van der Waals surface area contributed by atoms with E-state index in [1.54, 1.807) is 11.0 Å². The van der Waals surface area contributed by atoms with Crippen LogP contribution in [0, 0.1) is 12.7 Å². The van der Waals surface area contributed by atoms with Crippen LogP contribution >= 0.6 is 0 Å². The topological polar surface area (TPSA) is 90.4 Å². The number of hydrogen-bond acceptors (Lipinski definition) is 5. The third-order valence-electron chi connectivity index (χ3n) is 5.50. The Morgan fingerprint density at radius 2 is 1.69 bits per heavy atom. The van der Waals surface area contributed by atoms with E-state index < -0.39 is 15.8 Å². The second-order valence-electron chi connectivity index (χ2n) is 7.74. The molecule has 0 aliphatic carbocycles. The summed E-state index contributed by atoms with van der Waals surface area (Å²) in [7, 11) is -3.76. The fraction of sp³-hybridized carbons (Fsp3) is 0.318. The maximum atomic E-state index is 13.1. The van der Waals surface area contributed by atoms with E-state index in [2.05, 4.69) is 5.10 Å². The molecule has 0 N–H and O–H groups in total. The number of aryl methyl sites for hydroxylation is 1. The highest BCUT2D eigenvalue weighted by atomic mass is 32.2. The second kappa shape index (κ2) is 8.79. The van der Waals surface area contributed by atoms with Crippen LogP contribution in [0.1, 0.15) is 18.4 Å². The number of hydrogen-bond donors (Lipinski definition) is 0. The molecule has 2 aromatic rings. The van der Waals surface area contributed by atoms with Crippen molar-refractivity contribution in [3.05, 3.63) is 59.9 Å². The van der Waals surface area contributed by atoms with Gasteiger partial charge in [-0.2, -0.15) is 9.41 Å². The van der Waals surface area contributed by atoms with Crippen molar-refractivity contribution < 1.29 is 22.4 Å². The van der Waals surface area contributed by atoms with E-state index in [9.17, 15) is 22.4 Å². The molecule has 0 radical (unpaired) electrons. The minimum absolute atomic E-state index is 0.0163. The summed E-state index contributed by atoms with van der Waals surface area (Å²) in [6.07, 6.45) is 0.422. The molecule has 168 valence electrons.